The number of benzene rings is 1. The molecule has 0 heterocycles. The lowest BCUT2D eigenvalue weighted by atomic mass is 10.1. The van der Waals surface area contributed by atoms with E-state index >= 15 is 0 Å². The second-order valence-corrected chi connectivity index (χ2v) is 9.21. The van der Waals surface area contributed by atoms with Gasteiger partial charge in [0.2, 0.25) is 0 Å². The summed E-state index contributed by atoms with van der Waals surface area (Å²) in [5.74, 6) is -1.38. The summed E-state index contributed by atoms with van der Waals surface area (Å²) in [6.07, 6.45) is 13.3. The molecule has 0 aliphatic heterocycles. The Morgan fingerprint density at radius 2 is 1.42 bits per heavy atom. The Bertz CT molecular complexity index is 872. The van der Waals surface area contributed by atoms with E-state index in [9.17, 15) is 14.4 Å². The van der Waals surface area contributed by atoms with Crippen molar-refractivity contribution in [1.29, 1.82) is 0 Å². The van der Waals surface area contributed by atoms with Crippen LogP contribution in [0.3, 0.4) is 0 Å². The minimum absolute atomic E-state index is 0.00670. The zero-order chi connectivity index (χ0) is 28.0. The monoisotopic (exact) mass is 553 g/mol. The number of rotatable bonds is 21. The molecule has 0 bridgehead atoms. The largest absolute Gasteiger partial charge is 0.479 e. The van der Waals surface area contributed by atoms with Crippen molar-refractivity contribution >= 4 is 35.2 Å². The van der Waals surface area contributed by atoms with Crippen LogP contribution in [-0.4, -0.2) is 44.3 Å². The molecule has 0 aromatic heterocycles. The Morgan fingerprint density at radius 3 is 2.03 bits per heavy atom. The molecule has 9 heteroatoms. The van der Waals surface area contributed by atoms with E-state index in [0.717, 1.165) is 19.3 Å². The molecule has 0 aliphatic rings. The van der Waals surface area contributed by atoms with Crippen LogP contribution in [0.4, 0.5) is 5.69 Å². The molecule has 0 saturated heterocycles. The van der Waals surface area contributed by atoms with Crippen LogP contribution in [0.2, 0.25) is 5.02 Å². The average molecular weight is 554 g/mol. The predicted molar refractivity (Wildman–Crippen MR) is 149 cm³/mol. The Labute approximate surface area is 232 Å². The molecule has 0 amide bonds. The number of nitrogens with one attached hydrogen (secondary N) is 1. The molecule has 214 valence electrons. The van der Waals surface area contributed by atoms with Gasteiger partial charge in [0.1, 0.15) is 6.61 Å². The van der Waals surface area contributed by atoms with Gasteiger partial charge in [-0.15, -0.1) is 0 Å². The van der Waals surface area contributed by atoms with Crippen molar-refractivity contribution < 1.29 is 33.3 Å². The number of carbonyl (C=O) groups is 3. The van der Waals surface area contributed by atoms with E-state index in [-0.39, 0.29) is 42.1 Å². The van der Waals surface area contributed by atoms with Crippen molar-refractivity contribution in [1.82, 2.24) is 0 Å². The van der Waals surface area contributed by atoms with Crippen molar-refractivity contribution in [2.24, 2.45) is 0 Å². The van der Waals surface area contributed by atoms with Crippen molar-refractivity contribution in [3.8, 4) is 0 Å². The van der Waals surface area contributed by atoms with Gasteiger partial charge in [0.15, 0.2) is 5.88 Å². The quantitative estimate of drug-likeness (QED) is 0.0560. The molecule has 0 fully saturated rings. The number of anilines is 1. The molecule has 38 heavy (non-hydrogen) atoms. The van der Waals surface area contributed by atoms with Gasteiger partial charge < -0.3 is 24.3 Å². The number of hydrogen-bond acceptors (Lipinski definition) is 8. The highest BCUT2D eigenvalue weighted by molar-refractivity contribution is 6.33. The third kappa shape index (κ3) is 15.5. The highest BCUT2D eigenvalue weighted by Gasteiger charge is 2.13. The summed E-state index contributed by atoms with van der Waals surface area (Å²) >= 11 is 6.29. The Morgan fingerprint density at radius 1 is 0.789 bits per heavy atom. The lowest BCUT2D eigenvalue weighted by Gasteiger charge is -2.13. The second kappa shape index (κ2) is 21.2. The maximum absolute atomic E-state index is 12.3. The number of esters is 3. The molecule has 0 radical (unpaired) electrons. The van der Waals surface area contributed by atoms with Crippen molar-refractivity contribution in [3.05, 3.63) is 40.7 Å². The van der Waals surface area contributed by atoms with E-state index in [4.69, 9.17) is 30.5 Å². The SMILES string of the molecule is CCCCCCCCCCCCOC(=O)CCOC(=O)c1ccc(N/C(=C/C(=O)OCC)OCC)c(Cl)c1. The fourth-order valence-corrected chi connectivity index (χ4v) is 3.82. The Kier molecular flexibility index (Phi) is 18.6. The maximum Gasteiger partial charge on any atom is 0.338 e. The van der Waals surface area contributed by atoms with E-state index in [0.29, 0.717) is 18.9 Å². The van der Waals surface area contributed by atoms with Crippen LogP contribution >= 0.6 is 11.6 Å². The van der Waals surface area contributed by atoms with Crippen LogP contribution in [0.25, 0.3) is 0 Å². The molecular weight excluding hydrogens is 510 g/mol. The number of unbranched alkanes of at least 4 members (excludes halogenated alkanes) is 9. The van der Waals surface area contributed by atoms with Crippen LogP contribution in [-0.2, 0) is 28.5 Å². The normalized spacial score (nSPS) is 11.1. The fourth-order valence-electron chi connectivity index (χ4n) is 3.59. The summed E-state index contributed by atoms with van der Waals surface area (Å²) in [7, 11) is 0. The minimum Gasteiger partial charge on any atom is -0.479 e. The first-order chi connectivity index (χ1) is 18.4. The summed E-state index contributed by atoms with van der Waals surface area (Å²) < 4.78 is 20.7. The summed E-state index contributed by atoms with van der Waals surface area (Å²) in [5, 5.41) is 3.13. The highest BCUT2D eigenvalue weighted by atomic mass is 35.5. The van der Waals surface area contributed by atoms with Crippen molar-refractivity contribution in [2.45, 2.75) is 91.4 Å². The lowest BCUT2D eigenvalue weighted by molar-refractivity contribution is -0.144. The first kappa shape index (κ1) is 33.3. The fraction of sp³-hybridized carbons (Fsp3) is 0.621. The standard InChI is InChI=1S/C29H44ClNO7/c1-4-7-8-9-10-11-12-13-14-15-19-37-27(32)18-20-38-29(34)23-16-17-25(24(30)21-23)31-26(35-5-2)22-28(33)36-6-3/h16-17,21-22,31H,4-15,18-20H2,1-3H3/b26-22-. The van der Waals surface area contributed by atoms with E-state index in [1.54, 1.807) is 19.9 Å². The van der Waals surface area contributed by atoms with Crippen LogP contribution < -0.4 is 5.32 Å². The van der Waals surface area contributed by atoms with Gasteiger partial charge in [-0.1, -0.05) is 76.3 Å². The van der Waals surface area contributed by atoms with Gasteiger partial charge in [-0.3, -0.25) is 4.79 Å². The summed E-state index contributed by atoms with van der Waals surface area (Å²) in [6, 6.07) is 4.52. The first-order valence-electron chi connectivity index (χ1n) is 13.8. The van der Waals surface area contributed by atoms with Gasteiger partial charge in [0.25, 0.3) is 0 Å². The van der Waals surface area contributed by atoms with Gasteiger partial charge in [-0.25, -0.2) is 9.59 Å². The molecule has 1 rings (SSSR count). The van der Waals surface area contributed by atoms with Crippen LogP contribution in [0.15, 0.2) is 30.2 Å². The molecule has 1 N–H and O–H groups in total. The zero-order valence-corrected chi connectivity index (χ0v) is 23.9. The summed E-state index contributed by atoms with van der Waals surface area (Å²) in [6.45, 7) is 6.58. The maximum atomic E-state index is 12.3. The Hall–Kier alpha value is -2.74. The molecule has 0 unspecified atom stereocenters. The second-order valence-electron chi connectivity index (χ2n) is 8.80. The van der Waals surface area contributed by atoms with Crippen molar-refractivity contribution in [3.63, 3.8) is 0 Å². The third-order valence-corrected chi connectivity index (χ3v) is 5.91. The Balaban J connectivity index is 2.30. The van der Waals surface area contributed by atoms with Gasteiger partial charge in [0.05, 0.1) is 48.6 Å². The molecule has 1 aromatic carbocycles. The number of halogens is 1. The smallest absolute Gasteiger partial charge is 0.338 e. The van der Waals surface area contributed by atoms with Crippen LogP contribution in [0, 0.1) is 0 Å². The molecule has 0 aliphatic carbocycles. The predicted octanol–water partition coefficient (Wildman–Crippen LogP) is 7.20. The third-order valence-electron chi connectivity index (χ3n) is 5.60. The average Bonchev–Trinajstić information content (AvgIpc) is 2.88. The number of hydrogen-bond donors (Lipinski definition) is 1. The molecule has 0 spiro atoms. The van der Waals surface area contributed by atoms with Crippen molar-refractivity contribution in [2.75, 3.05) is 31.7 Å². The van der Waals surface area contributed by atoms with E-state index in [1.807, 2.05) is 0 Å². The highest BCUT2D eigenvalue weighted by Crippen LogP contribution is 2.25. The minimum atomic E-state index is -0.604. The van der Waals surface area contributed by atoms with Crippen LogP contribution in [0.5, 0.6) is 0 Å². The number of carbonyl (C=O) groups excluding carboxylic acids is 3. The first-order valence-corrected chi connectivity index (χ1v) is 14.2. The van der Waals surface area contributed by atoms with E-state index in [1.165, 1.54) is 63.2 Å². The van der Waals surface area contributed by atoms with Gasteiger partial charge in [0, 0.05) is 0 Å². The van der Waals surface area contributed by atoms with Crippen LogP contribution in [0.1, 0.15) is 102 Å². The van der Waals surface area contributed by atoms with Gasteiger partial charge >= 0.3 is 17.9 Å². The molecular formula is C29H44ClNO7. The molecule has 0 atom stereocenters. The number of ether oxygens (including phenoxy) is 4. The summed E-state index contributed by atoms with van der Waals surface area (Å²) in [5.41, 5.74) is 0.661. The molecule has 1 aromatic rings. The molecule has 0 saturated carbocycles. The topological polar surface area (TPSA) is 100 Å². The zero-order valence-electron chi connectivity index (χ0n) is 23.2. The van der Waals surface area contributed by atoms with Gasteiger partial charge in [-0.05, 0) is 38.5 Å². The summed E-state index contributed by atoms with van der Waals surface area (Å²) in [4.78, 5) is 35.9. The van der Waals surface area contributed by atoms with E-state index in [2.05, 4.69) is 12.2 Å². The van der Waals surface area contributed by atoms with E-state index < -0.39 is 11.9 Å². The lowest BCUT2D eigenvalue weighted by Crippen LogP contribution is -2.13. The molecule has 8 nitrogen and oxygen atoms in total. The van der Waals surface area contributed by atoms with Gasteiger partial charge in [-0.2, -0.15) is 0 Å².